The smallest absolute Gasteiger partial charge is 0.130 e. The number of hydrogen-bond acceptors (Lipinski definition) is 2. The number of halogens is 1. The van der Waals surface area contributed by atoms with Crippen molar-refractivity contribution in [1.82, 2.24) is 0 Å². The van der Waals surface area contributed by atoms with Crippen LogP contribution >= 0.6 is 11.6 Å². The normalized spacial score (nSPS) is 11.2. The van der Waals surface area contributed by atoms with Crippen molar-refractivity contribution in [1.29, 1.82) is 0 Å². The van der Waals surface area contributed by atoms with Crippen molar-refractivity contribution in [2.45, 2.75) is 52.9 Å². The third kappa shape index (κ3) is 5.81. The van der Waals surface area contributed by atoms with Gasteiger partial charge in [0.1, 0.15) is 11.5 Å². The van der Waals surface area contributed by atoms with Crippen LogP contribution in [0, 0.1) is 5.92 Å². The standard InChI is InChI=1S/C22H31ClO2/c1-4-18-15-21(24-14-10-6-5-9-13-23)19-11-7-8-12-20(19)22(18)25-16-17(2)3/h7-8,11-12,15,17H,4-6,9-10,13-14,16H2,1-3H3. The van der Waals surface area contributed by atoms with Gasteiger partial charge in [-0.1, -0.05) is 57.9 Å². The zero-order valence-corrected chi connectivity index (χ0v) is 16.6. The highest BCUT2D eigenvalue weighted by atomic mass is 35.5. The van der Waals surface area contributed by atoms with E-state index < -0.39 is 0 Å². The van der Waals surface area contributed by atoms with Gasteiger partial charge in [-0.05, 0) is 36.8 Å². The van der Waals surface area contributed by atoms with Crippen LogP contribution in [-0.2, 0) is 6.42 Å². The van der Waals surface area contributed by atoms with E-state index in [0.717, 1.165) is 60.6 Å². The highest BCUT2D eigenvalue weighted by molar-refractivity contribution is 6.17. The third-order valence-corrected chi connectivity index (χ3v) is 4.53. The third-order valence-electron chi connectivity index (χ3n) is 4.26. The maximum Gasteiger partial charge on any atom is 0.130 e. The Bertz CT molecular complexity index is 652. The lowest BCUT2D eigenvalue weighted by Gasteiger charge is -2.18. The largest absolute Gasteiger partial charge is 0.493 e. The summed E-state index contributed by atoms with van der Waals surface area (Å²) in [6.45, 7) is 8.01. The van der Waals surface area contributed by atoms with E-state index in [9.17, 15) is 0 Å². The maximum absolute atomic E-state index is 6.16. The van der Waals surface area contributed by atoms with Gasteiger partial charge in [-0.2, -0.15) is 0 Å². The average Bonchev–Trinajstić information content (AvgIpc) is 2.62. The average molecular weight is 363 g/mol. The van der Waals surface area contributed by atoms with Crippen LogP contribution in [0.15, 0.2) is 30.3 Å². The number of ether oxygens (including phenoxy) is 2. The molecule has 0 atom stereocenters. The van der Waals surface area contributed by atoms with Gasteiger partial charge >= 0.3 is 0 Å². The number of aryl methyl sites for hydroxylation is 1. The Morgan fingerprint density at radius 2 is 1.68 bits per heavy atom. The molecule has 0 aliphatic rings. The van der Waals surface area contributed by atoms with Crippen LogP contribution in [0.5, 0.6) is 11.5 Å². The quantitative estimate of drug-likeness (QED) is 0.330. The van der Waals surface area contributed by atoms with Crippen molar-refractivity contribution in [3.63, 3.8) is 0 Å². The number of hydrogen-bond donors (Lipinski definition) is 0. The summed E-state index contributed by atoms with van der Waals surface area (Å²) in [6, 6.07) is 10.6. The Balaban J connectivity index is 2.18. The van der Waals surface area contributed by atoms with Gasteiger partial charge in [0.2, 0.25) is 0 Å². The summed E-state index contributed by atoms with van der Waals surface area (Å²) in [7, 11) is 0. The molecule has 0 amide bonds. The van der Waals surface area contributed by atoms with Gasteiger partial charge in [0.25, 0.3) is 0 Å². The van der Waals surface area contributed by atoms with Gasteiger partial charge in [0.15, 0.2) is 0 Å². The van der Waals surface area contributed by atoms with E-state index in [1.54, 1.807) is 0 Å². The van der Waals surface area contributed by atoms with Gasteiger partial charge in [-0.25, -0.2) is 0 Å². The predicted molar refractivity (Wildman–Crippen MR) is 108 cm³/mol. The first-order valence-corrected chi connectivity index (χ1v) is 10.1. The second-order valence-corrected chi connectivity index (χ2v) is 7.30. The van der Waals surface area contributed by atoms with Crippen molar-refractivity contribution >= 4 is 22.4 Å². The van der Waals surface area contributed by atoms with Gasteiger partial charge < -0.3 is 9.47 Å². The summed E-state index contributed by atoms with van der Waals surface area (Å²) >= 11 is 5.73. The van der Waals surface area contributed by atoms with Gasteiger partial charge in [-0.15, -0.1) is 11.6 Å². The molecule has 2 aromatic carbocycles. The predicted octanol–water partition coefficient (Wildman–Crippen LogP) is 6.62. The molecule has 0 fully saturated rings. The molecule has 0 heterocycles. The van der Waals surface area contributed by atoms with Crippen LogP contribution in [0.4, 0.5) is 0 Å². The molecule has 0 bridgehead atoms. The molecule has 3 heteroatoms. The summed E-state index contributed by atoms with van der Waals surface area (Å²) < 4.78 is 12.3. The minimum atomic E-state index is 0.507. The monoisotopic (exact) mass is 362 g/mol. The zero-order valence-electron chi connectivity index (χ0n) is 15.8. The van der Waals surface area contributed by atoms with Gasteiger partial charge in [0.05, 0.1) is 13.2 Å². The molecule has 0 aliphatic heterocycles. The zero-order chi connectivity index (χ0) is 18.1. The highest BCUT2D eigenvalue weighted by Gasteiger charge is 2.13. The summed E-state index contributed by atoms with van der Waals surface area (Å²) in [4.78, 5) is 0. The Morgan fingerprint density at radius 3 is 2.36 bits per heavy atom. The molecule has 0 saturated carbocycles. The van der Waals surface area contributed by atoms with E-state index in [1.807, 2.05) is 0 Å². The fraction of sp³-hybridized carbons (Fsp3) is 0.545. The Hall–Kier alpha value is -1.41. The van der Waals surface area contributed by atoms with E-state index in [0.29, 0.717) is 5.92 Å². The lowest BCUT2D eigenvalue weighted by molar-refractivity contribution is 0.270. The number of alkyl halides is 1. The van der Waals surface area contributed by atoms with E-state index in [2.05, 4.69) is 51.1 Å². The van der Waals surface area contributed by atoms with E-state index in [1.165, 1.54) is 18.4 Å². The van der Waals surface area contributed by atoms with Crippen LogP contribution in [0.3, 0.4) is 0 Å². The molecule has 138 valence electrons. The fourth-order valence-electron chi connectivity index (χ4n) is 2.91. The molecule has 2 rings (SSSR count). The van der Waals surface area contributed by atoms with Crippen LogP contribution in [0.1, 0.15) is 52.0 Å². The van der Waals surface area contributed by atoms with E-state index in [4.69, 9.17) is 21.1 Å². The highest BCUT2D eigenvalue weighted by Crippen LogP contribution is 2.37. The molecule has 0 aromatic heterocycles. The first-order chi connectivity index (χ1) is 12.2. The summed E-state index contributed by atoms with van der Waals surface area (Å²) in [6.07, 6.45) is 5.44. The molecule has 0 spiro atoms. The number of benzene rings is 2. The SMILES string of the molecule is CCc1cc(OCCCCCCCl)c2ccccc2c1OCC(C)C. The Kier molecular flexibility index (Phi) is 8.40. The summed E-state index contributed by atoms with van der Waals surface area (Å²) in [5, 5.41) is 2.29. The molecule has 2 aromatic rings. The minimum Gasteiger partial charge on any atom is -0.493 e. The summed E-state index contributed by atoms with van der Waals surface area (Å²) in [5.74, 6) is 3.25. The lowest BCUT2D eigenvalue weighted by atomic mass is 10.0. The number of fused-ring (bicyclic) bond motifs is 1. The fourth-order valence-corrected chi connectivity index (χ4v) is 3.09. The molecule has 25 heavy (non-hydrogen) atoms. The van der Waals surface area contributed by atoms with E-state index >= 15 is 0 Å². The van der Waals surface area contributed by atoms with Crippen molar-refractivity contribution in [2.75, 3.05) is 19.1 Å². The van der Waals surface area contributed by atoms with Crippen LogP contribution in [0.2, 0.25) is 0 Å². The molecule has 0 N–H and O–H groups in total. The van der Waals surface area contributed by atoms with Gasteiger partial charge in [0, 0.05) is 16.7 Å². The topological polar surface area (TPSA) is 18.5 Å². The molecule has 0 unspecified atom stereocenters. The van der Waals surface area contributed by atoms with Crippen molar-refractivity contribution < 1.29 is 9.47 Å². The molecular weight excluding hydrogens is 332 g/mol. The van der Waals surface area contributed by atoms with E-state index in [-0.39, 0.29) is 0 Å². The van der Waals surface area contributed by atoms with Gasteiger partial charge in [-0.3, -0.25) is 0 Å². The maximum atomic E-state index is 6.16. The van der Waals surface area contributed by atoms with Crippen molar-refractivity contribution in [3.8, 4) is 11.5 Å². The molecule has 0 aliphatic carbocycles. The molecule has 0 saturated heterocycles. The second kappa shape index (κ2) is 10.6. The van der Waals surface area contributed by atoms with Crippen LogP contribution < -0.4 is 9.47 Å². The van der Waals surface area contributed by atoms with Crippen molar-refractivity contribution in [3.05, 3.63) is 35.9 Å². The number of rotatable bonds is 11. The van der Waals surface area contributed by atoms with Crippen LogP contribution in [-0.4, -0.2) is 19.1 Å². The molecule has 2 nitrogen and oxygen atoms in total. The second-order valence-electron chi connectivity index (χ2n) is 6.92. The first kappa shape index (κ1) is 19.9. The number of unbranched alkanes of at least 4 members (excludes halogenated alkanes) is 3. The summed E-state index contributed by atoms with van der Waals surface area (Å²) in [5.41, 5.74) is 1.22. The molecular formula is C22H31ClO2. The van der Waals surface area contributed by atoms with Crippen LogP contribution in [0.25, 0.3) is 10.8 Å². The first-order valence-electron chi connectivity index (χ1n) is 9.53. The lowest BCUT2D eigenvalue weighted by Crippen LogP contribution is -2.07. The molecule has 0 radical (unpaired) electrons. The Morgan fingerprint density at radius 1 is 0.960 bits per heavy atom. The Labute approximate surface area is 157 Å². The van der Waals surface area contributed by atoms with Crippen molar-refractivity contribution in [2.24, 2.45) is 5.92 Å². The minimum absolute atomic E-state index is 0.507.